The third-order valence-corrected chi connectivity index (χ3v) is 4.87. The quantitative estimate of drug-likeness (QED) is 0.390. The summed E-state index contributed by atoms with van der Waals surface area (Å²) >= 11 is 0. The van der Waals surface area contributed by atoms with Crippen molar-refractivity contribution in [2.75, 3.05) is 6.61 Å². The lowest BCUT2D eigenvalue weighted by atomic mass is 10.1. The number of benzene rings is 2. The number of quaternary nitrogens is 2. The Morgan fingerprint density at radius 3 is 2.31 bits per heavy atom. The van der Waals surface area contributed by atoms with Crippen LogP contribution in [0.1, 0.15) is 22.8 Å². The van der Waals surface area contributed by atoms with Crippen LogP contribution in [0.15, 0.2) is 47.4 Å². The van der Waals surface area contributed by atoms with Gasteiger partial charge in [-0.05, 0) is 25.1 Å². The van der Waals surface area contributed by atoms with Crippen LogP contribution < -0.4 is 10.5 Å². The molecule has 3 unspecified atom stereocenters. The predicted octanol–water partition coefficient (Wildman–Crippen LogP) is -0.0221. The summed E-state index contributed by atoms with van der Waals surface area (Å²) in [7, 11) is -1.58. The summed E-state index contributed by atoms with van der Waals surface area (Å²) in [6.45, 7) is 1.81. The number of nitrogens with one attached hydrogen (secondary N) is 2. The van der Waals surface area contributed by atoms with E-state index in [0.717, 1.165) is 0 Å². The lowest BCUT2D eigenvalue weighted by Gasteiger charge is -2.16. The summed E-state index contributed by atoms with van der Waals surface area (Å²) in [4.78, 5) is 12.1. The molecule has 10 heteroatoms. The molecule has 0 spiro atoms. The van der Waals surface area contributed by atoms with E-state index in [1.165, 1.54) is 42.5 Å². The zero-order valence-corrected chi connectivity index (χ0v) is 14.6. The zero-order chi connectivity index (χ0) is 19.3. The molecule has 0 aliphatic heterocycles. The van der Waals surface area contributed by atoms with Gasteiger partial charge in [-0.3, -0.25) is 4.21 Å². The molecule has 0 saturated heterocycles. The van der Waals surface area contributed by atoms with Crippen molar-refractivity contribution in [1.29, 1.82) is 0 Å². The van der Waals surface area contributed by atoms with E-state index in [1.807, 2.05) is 0 Å². The van der Waals surface area contributed by atoms with Crippen molar-refractivity contribution < 1.29 is 34.6 Å². The maximum atomic E-state index is 12.5. The van der Waals surface area contributed by atoms with Crippen LogP contribution >= 0.6 is 0 Å². The second kappa shape index (κ2) is 8.96. The van der Waals surface area contributed by atoms with E-state index in [1.54, 1.807) is 6.92 Å². The first-order valence-corrected chi connectivity index (χ1v) is 8.90. The molecule has 9 nitrogen and oxygen atoms in total. The molecule has 3 atom stereocenters. The highest BCUT2D eigenvalue weighted by Crippen LogP contribution is 2.20. The Hall–Kier alpha value is -2.18. The molecule has 2 aromatic rings. The monoisotopic (exact) mass is 382 g/mol. The van der Waals surface area contributed by atoms with Crippen LogP contribution in [0, 0.1) is 10.4 Å². The molecule has 4 N–H and O–H groups in total. The first-order chi connectivity index (χ1) is 12.3. The van der Waals surface area contributed by atoms with Gasteiger partial charge in [-0.2, -0.15) is 10.5 Å². The number of hydrogen-bond donors (Lipinski definition) is 4. The average Bonchev–Trinajstić information content (AvgIpc) is 2.62. The second-order valence-corrected chi connectivity index (χ2v) is 6.67. The number of carbonyl (C=O) groups excluding carboxylic acids is 1. The van der Waals surface area contributed by atoms with Crippen LogP contribution in [0.25, 0.3) is 0 Å². The van der Waals surface area contributed by atoms with Crippen molar-refractivity contribution in [2.45, 2.75) is 17.6 Å². The van der Waals surface area contributed by atoms with Crippen molar-refractivity contribution in [3.05, 3.63) is 64.0 Å². The number of rotatable bonds is 7. The first-order valence-electron chi connectivity index (χ1n) is 7.58. The van der Waals surface area contributed by atoms with E-state index in [9.17, 15) is 24.6 Å². The van der Waals surface area contributed by atoms with E-state index in [-0.39, 0.29) is 29.3 Å². The van der Waals surface area contributed by atoms with Crippen LogP contribution in [-0.4, -0.2) is 27.2 Å². The van der Waals surface area contributed by atoms with Crippen molar-refractivity contribution >= 4 is 28.1 Å². The number of hydrogen-bond acceptors (Lipinski definition) is 7. The highest BCUT2D eigenvalue weighted by Gasteiger charge is 2.17. The Balaban J connectivity index is 2.24. The van der Waals surface area contributed by atoms with E-state index in [4.69, 9.17) is 9.94 Å². The lowest BCUT2D eigenvalue weighted by molar-refractivity contribution is -0.991. The number of esters is 1. The molecule has 0 aromatic heterocycles. The molecule has 0 radical (unpaired) electrons. The maximum absolute atomic E-state index is 12.5. The van der Waals surface area contributed by atoms with Crippen LogP contribution in [-0.2, 0) is 21.3 Å². The van der Waals surface area contributed by atoms with Crippen molar-refractivity contribution in [3.63, 3.8) is 0 Å². The Morgan fingerprint density at radius 2 is 1.77 bits per heavy atom. The van der Waals surface area contributed by atoms with Gasteiger partial charge in [-0.25, -0.2) is 15.2 Å². The van der Waals surface area contributed by atoms with E-state index < -0.39 is 27.2 Å². The third kappa shape index (κ3) is 4.93. The van der Waals surface area contributed by atoms with Crippen LogP contribution in [0.5, 0.6) is 0 Å². The number of carbonyl (C=O) groups is 1. The molecule has 0 aliphatic rings. The SMILES string of the molecule is CCOC(=O)c1ccc(CS(=O)c2ccc([NH+]([O-])O)cc2)c([NH+]([O-])O)c1. The molecule has 0 aliphatic carbocycles. The molecule has 0 heterocycles. The van der Waals surface area contributed by atoms with Gasteiger partial charge in [0.2, 0.25) is 0 Å². The normalized spacial score (nSPS) is 14.5. The molecule has 0 saturated carbocycles. The van der Waals surface area contributed by atoms with Crippen molar-refractivity contribution in [3.8, 4) is 0 Å². The standard InChI is InChI=1S/C16H18N2O7S/c1-2-25-16(19)11-3-4-12(15(9-11)18(22)23)10-26(24)14-7-5-13(6-8-14)17(20)21/h3-9,17-18,20,22H,2,10H2,1H3. The zero-order valence-electron chi connectivity index (χ0n) is 13.8. The summed E-state index contributed by atoms with van der Waals surface area (Å²) in [6.07, 6.45) is 0. The molecule has 140 valence electrons. The molecular formula is C16H18N2O7S. The fourth-order valence-corrected chi connectivity index (χ4v) is 3.36. The van der Waals surface area contributed by atoms with Gasteiger partial charge in [0.05, 0.1) is 28.7 Å². The van der Waals surface area contributed by atoms with E-state index in [0.29, 0.717) is 10.5 Å². The Kier molecular flexibility index (Phi) is 6.94. The molecule has 2 rings (SSSR count). The second-order valence-electron chi connectivity index (χ2n) is 5.22. The van der Waals surface area contributed by atoms with Crippen LogP contribution in [0.4, 0.5) is 11.4 Å². The predicted molar refractivity (Wildman–Crippen MR) is 90.5 cm³/mol. The van der Waals surface area contributed by atoms with E-state index in [2.05, 4.69) is 0 Å². The van der Waals surface area contributed by atoms with Gasteiger partial charge in [0, 0.05) is 28.7 Å². The summed E-state index contributed by atoms with van der Waals surface area (Å²) in [5.74, 6) is -0.719. The Bertz CT molecular complexity index is 794. The summed E-state index contributed by atoms with van der Waals surface area (Å²) in [5, 5.41) is 38.2. The smallest absolute Gasteiger partial charge is 0.338 e. The summed E-state index contributed by atoms with van der Waals surface area (Å²) < 4.78 is 17.3. The van der Waals surface area contributed by atoms with Gasteiger partial charge in [-0.1, -0.05) is 6.07 Å². The van der Waals surface area contributed by atoms with Gasteiger partial charge in [0.25, 0.3) is 0 Å². The fourth-order valence-electron chi connectivity index (χ4n) is 2.22. The minimum absolute atomic E-state index is 0.0655. The Labute approximate surface area is 151 Å². The van der Waals surface area contributed by atoms with Crippen molar-refractivity contribution in [2.24, 2.45) is 0 Å². The molecule has 0 amide bonds. The highest BCUT2D eigenvalue weighted by molar-refractivity contribution is 7.84. The largest absolute Gasteiger partial charge is 0.595 e. The van der Waals surface area contributed by atoms with Gasteiger partial charge in [-0.15, -0.1) is 0 Å². The minimum Gasteiger partial charge on any atom is -0.595 e. The van der Waals surface area contributed by atoms with Crippen LogP contribution in [0.2, 0.25) is 0 Å². The lowest BCUT2D eigenvalue weighted by Crippen LogP contribution is -2.99. The molecular weight excluding hydrogens is 364 g/mol. The van der Waals surface area contributed by atoms with Crippen molar-refractivity contribution in [1.82, 2.24) is 0 Å². The highest BCUT2D eigenvalue weighted by atomic mass is 32.2. The fraction of sp³-hybridized carbons (Fsp3) is 0.188. The maximum Gasteiger partial charge on any atom is 0.338 e. The van der Waals surface area contributed by atoms with Gasteiger partial charge >= 0.3 is 5.97 Å². The minimum atomic E-state index is -1.58. The van der Waals surface area contributed by atoms with Gasteiger partial charge in [0.1, 0.15) is 0 Å². The molecule has 0 fully saturated rings. The third-order valence-electron chi connectivity index (χ3n) is 3.50. The topological polar surface area (TPSA) is 139 Å². The average molecular weight is 382 g/mol. The summed E-state index contributed by atoms with van der Waals surface area (Å²) in [5.41, 5.74) is 0.331. The Morgan fingerprint density at radius 1 is 1.12 bits per heavy atom. The first kappa shape index (κ1) is 20.1. The van der Waals surface area contributed by atoms with Gasteiger partial charge in [0.15, 0.2) is 11.4 Å². The molecule has 0 bridgehead atoms. The number of ether oxygens (including phenoxy) is 1. The summed E-state index contributed by atoms with van der Waals surface area (Å²) in [6, 6.07) is 9.55. The molecule has 2 aromatic carbocycles. The molecule has 26 heavy (non-hydrogen) atoms. The van der Waals surface area contributed by atoms with E-state index >= 15 is 0 Å². The van der Waals surface area contributed by atoms with Crippen LogP contribution in [0.3, 0.4) is 0 Å². The van der Waals surface area contributed by atoms with Gasteiger partial charge < -0.3 is 15.2 Å².